The topological polar surface area (TPSA) is 54.0 Å². The van der Waals surface area contributed by atoms with E-state index in [2.05, 4.69) is 15.6 Å². The van der Waals surface area contributed by atoms with Crippen LogP contribution in [-0.2, 0) is 6.54 Å². The number of nitrogens with one attached hydrogen (secondary N) is 2. The first-order chi connectivity index (χ1) is 12.1. The van der Waals surface area contributed by atoms with E-state index in [0.29, 0.717) is 12.1 Å². The van der Waals surface area contributed by atoms with Gasteiger partial charge in [0.15, 0.2) is 0 Å². The second kappa shape index (κ2) is 7.62. The number of aryl methyl sites for hydroxylation is 2. The molecule has 0 spiro atoms. The summed E-state index contributed by atoms with van der Waals surface area (Å²) in [7, 11) is 0. The van der Waals surface area contributed by atoms with Gasteiger partial charge in [-0.05, 0) is 43.2 Å². The fourth-order valence-corrected chi connectivity index (χ4v) is 2.52. The van der Waals surface area contributed by atoms with E-state index < -0.39 is 0 Å². The first-order valence-electron chi connectivity index (χ1n) is 8.23. The molecule has 0 bridgehead atoms. The zero-order valence-corrected chi connectivity index (χ0v) is 14.4. The Balaban J connectivity index is 1.67. The van der Waals surface area contributed by atoms with Crippen molar-refractivity contribution in [1.29, 1.82) is 0 Å². The minimum absolute atomic E-state index is 0.136. The SMILES string of the molecule is Cc1ccc(Nc2cncc(C(=O)NCc3ccccc3C)c2)cc1. The average molecular weight is 331 g/mol. The van der Waals surface area contributed by atoms with Crippen molar-refractivity contribution in [3.05, 3.63) is 89.2 Å². The van der Waals surface area contributed by atoms with Gasteiger partial charge in [0.25, 0.3) is 5.91 Å². The molecule has 4 heteroatoms. The number of carbonyl (C=O) groups excluding carboxylic acids is 1. The standard InChI is InChI=1S/C21H21N3O/c1-15-7-9-19(10-8-15)24-20-11-18(12-22-14-20)21(25)23-13-17-6-4-3-5-16(17)2/h3-12,14,24H,13H2,1-2H3,(H,23,25). The lowest BCUT2D eigenvalue weighted by Gasteiger charge is -2.10. The van der Waals surface area contributed by atoms with Crippen LogP contribution >= 0.6 is 0 Å². The molecule has 0 fully saturated rings. The summed E-state index contributed by atoms with van der Waals surface area (Å²) in [5, 5.41) is 6.21. The quantitative estimate of drug-likeness (QED) is 0.730. The number of hydrogen-bond acceptors (Lipinski definition) is 3. The van der Waals surface area contributed by atoms with E-state index in [9.17, 15) is 4.79 Å². The van der Waals surface area contributed by atoms with E-state index in [4.69, 9.17) is 0 Å². The zero-order valence-electron chi connectivity index (χ0n) is 14.4. The van der Waals surface area contributed by atoms with Gasteiger partial charge >= 0.3 is 0 Å². The lowest BCUT2D eigenvalue weighted by Crippen LogP contribution is -2.23. The normalized spacial score (nSPS) is 10.3. The van der Waals surface area contributed by atoms with Crippen LogP contribution in [0.15, 0.2) is 67.0 Å². The van der Waals surface area contributed by atoms with Crippen molar-refractivity contribution < 1.29 is 4.79 Å². The Morgan fingerprint density at radius 3 is 2.48 bits per heavy atom. The Bertz CT molecular complexity index is 872. The molecular weight excluding hydrogens is 310 g/mol. The highest BCUT2D eigenvalue weighted by molar-refractivity contribution is 5.94. The Morgan fingerprint density at radius 2 is 1.72 bits per heavy atom. The maximum absolute atomic E-state index is 12.4. The number of rotatable bonds is 5. The number of anilines is 2. The molecule has 3 rings (SSSR count). The summed E-state index contributed by atoms with van der Waals surface area (Å²) in [5.74, 6) is -0.136. The van der Waals surface area contributed by atoms with Crippen LogP contribution < -0.4 is 10.6 Å². The maximum atomic E-state index is 12.4. The summed E-state index contributed by atoms with van der Waals surface area (Å²) in [5.41, 5.74) is 5.75. The molecule has 126 valence electrons. The predicted octanol–water partition coefficient (Wildman–Crippen LogP) is 4.37. The molecule has 0 aliphatic heterocycles. The van der Waals surface area contributed by atoms with Crippen LogP contribution in [0.25, 0.3) is 0 Å². The molecule has 1 heterocycles. The summed E-state index contributed by atoms with van der Waals surface area (Å²) >= 11 is 0. The number of hydrogen-bond donors (Lipinski definition) is 2. The van der Waals surface area contributed by atoms with Crippen molar-refractivity contribution in [2.24, 2.45) is 0 Å². The molecule has 25 heavy (non-hydrogen) atoms. The molecule has 0 unspecified atom stereocenters. The van der Waals surface area contributed by atoms with Gasteiger partial charge in [0, 0.05) is 18.4 Å². The molecule has 2 aromatic carbocycles. The Morgan fingerprint density at radius 1 is 0.960 bits per heavy atom. The molecule has 0 atom stereocenters. The summed E-state index contributed by atoms with van der Waals surface area (Å²) in [6.07, 6.45) is 3.28. The molecule has 1 amide bonds. The van der Waals surface area contributed by atoms with Crippen LogP contribution in [0.3, 0.4) is 0 Å². The van der Waals surface area contributed by atoms with Crippen molar-refractivity contribution in [2.75, 3.05) is 5.32 Å². The number of amides is 1. The number of benzene rings is 2. The zero-order chi connectivity index (χ0) is 17.6. The molecule has 4 nitrogen and oxygen atoms in total. The highest BCUT2D eigenvalue weighted by atomic mass is 16.1. The van der Waals surface area contributed by atoms with Gasteiger partial charge in [-0.3, -0.25) is 9.78 Å². The molecule has 0 aliphatic rings. The van der Waals surface area contributed by atoms with E-state index in [1.165, 1.54) is 5.56 Å². The summed E-state index contributed by atoms with van der Waals surface area (Å²) in [4.78, 5) is 16.6. The second-order valence-corrected chi connectivity index (χ2v) is 6.06. The molecule has 2 N–H and O–H groups in total. The molecular formula is C21H21N3O. The Hall–Kier alpha value is -3.14. The molecule has 0 saturated heterocycles. The Labute approximate surface area is 147 Å². The summed E-state index contributed by atoms with van der Waals surface area (Å²) in [6, 6.07) is 17.9. The summed E-state index contributed by atoms with van der Waals surface area (Å²) in [6.45, 7) is 4.58. The first-order valence-corrected chi connectivity index (χ1v) is 8.23. The van der Waals surface area contributed by atoms with Crippen molar-refractivity contribution in [2.45, 2.75) is 20.4 Å². The second-order valence-electron chi connectivity index (χ2n) is 6.06. The molecule has 0 radical (unpaired) electrons. The van der Waals surface area contributed by atoms with Gasteiger partial charge in [-0.25, -0.2) is 0 Å². The fraction of sp³-hybridized carbons (Fsp3) is 0.143. The highest BCUT2D eigenvalue weighted by Gasteiger charge is 2.08. The van der Waals surface area contributed by atoms with E-state index in [-0.39, 0.29) is 5.91 Å². The van der Waals surface area contributed by atoms with Gasteiger partial charge in [-0.2, -0.15) is 0 Å². The summed E-state index contributed by atoms with van der Waals surface area (Å²) < 4.78 is 0. The largest absolute Gasteiger partial charge is 0.354 e. The lowest BCUT2D eigenvalue weighted by molar-refractivity contribution is 0.0950. The van der Waals surface area contributed by atoms with Crippen molar-refractivity contribution in [3.8, 4) is 0 Å². The fourth-order valence-electron chi connectivity index (χ4n) is 2.52. The van der Waals surface area contributed by atoms with Crippen LogP contribution in [-0.4, -0.2) is 10.9 Å². The van der Waals surface area contributed by atoms with Gasteiger partial charge in [0.2, 0.25) is 0 Å². The maximum Gasteiger partial charge on any atom is 0.253 e. The Kier molecular flexibility index (Phi) is 5.09. The van der Waals surface area contributed by atoms with Gasteiger partial charge in [-0.15, -0.1) is 0 Å². The molecule has 0 saturated carbocycles. The number of carbonyl (C=O) groups is 1. The van der Waals surface area contributed by atoms with Crippen molar-refractivity contribution >= 4 is 17.3 Å². The van der Waals surface area contributed by atoms with Crippen molar-refractivity contribution in [1.82, 2.24) is 10.3 Å². The smallest absolute Gasteiger partial charge is 0.253 e. The monoisotopic (exact) mass is 331 g/mol. The molecule has 3 aromatic rings. The van der Waals surface area contributed by atoms with Crippen LogP contribution in [0.2, 0.25) is 0 Å². The van der Waals surface area contributed by atoms with Gasteiger partial charge < -0.3 is 10.6 Å². The van der Waals surface area contributed by atoms with Crippen LogP contribution in [0.1, 0.15) is 27.0 Å². The van der Waals surface area contributed by atoms with Gasteiger partial charge in [0.1, 0.15) is 0 Å². The minimum atomic E-state index is -0.136. The highest BCUT2D eigenvalue weighted by Crippen LogP contribution is 2.17. The van der Waals surface area contributed by atoms with E-state index in [0.717, 1.165) is 22.5 Å². The third-order valence-corrected chi connectivity index (χ3v) is 4.04. The molecule has 0 aliphatic carbocycles. The van der Waals surface area contributed by atoms with Crippen LogP contribution in [0, 0.1) is 13.8 Å². The van der Waals surface area contributed by atoms with Crippen LogP contribution in [0.4, 0.5) is 11.4 Å². The third-order valence-electron chi connectivity index (χ3n) is 4.04. The van der Waals surface area contributed by atoms with Crippen molar-refractivity contribution in [3.63, 3.8) is 0 Å². The number of pyridine rings is 1. The van der Waals surface area contributed by atoms with E-state index in [1.54, 1.807) is 18.5 Å². The molecule has 1 aromatic heterocycles. The third kappa shape index (κ3) is 4.44. The number of aromatic nitrogens is 1. The van der Waals surface area contributed by atoms with E-state index >= 15 is 0 Å². The van der Waals surface area contributed by atoms with Crippen LogP contribution in [0.5, 0.6) is 0 Å². The van der Waals surface area contributed by atoms with Gasteiger partial charge in [0.05, 0.1) is 17.4 Å². The predicted molar refractivity (Wildman–Crippen MR) is 101 cm³/mol. The number of nitrogens with zero attached hydrogens (tertiary/aromatic N) is 1. The first kappa shape index (κ1) is 16.7. The minimum Gasteiger partial charge on any atom is -0.354 e. The lowest BCUT2D eigenvalue weighted by atomic mass is 10.1. The van der Waals surface area contributed by atoms with Gasteiger partial charge in [-0.1, -0.05) is 42.0 Å². The average Bonchev–Trinajstić information content (AvgIpc) is 2.63. The van der Waals surface area contributed by atoms with E-state index in [1.807, 2.05) is 62.4 Å².